The SMILES string of the molecule is Cc1ccc(F)c(Nc2ncnn3ccc(CN4CC[C@@H](N)[C@H](O)C4)c23)c1. The van der Waals surface area contributed by atoms with Crippen LogP contribution in [0.5, 0.6) is 0 Å². The highest BCUT2D eigenvalue weighted by atomic mass is 19.1. The van der Waals surface area contributed by atoms with Gasteiger partial charge >= 0.3 is 0 Å². The van der Waals surface area contributed by atoms with E-state index in [2.05, 4.69) is 20.3 Å². The van der Waals surface area contributed by atoms with E-state index in [-0.39, 0.29) is 11.9 Å². The van der Waals surface area contributed by atoms with Crippen molar-refractivity contribution in [2.75, 3.05) is 18.4 Å². The minimum atomic E-state index is -0.525. The van der Waals surface area contributed by atoms with E-state index < -0.39 is 6.10 Å². The number of nitrogens with zero attached hydrogens (tertiary/aromatic N) is 4. The molecule has 7 nitrogen and oxygen atoms in total. The topological polar surface area (TPSA) is 91.7 Å². The Bertz CT molecular complexity index is 959. The molecule has 4 rings (SSSR count). The second-order valence-electron chi connectivity index (χ2n) is 7.11. The number of halogens is 1. The van der Waals surface area contributed by atoms with Crippen molar-refractivity contribution in [3.05, 3.63) is 53.7 Å². The molecule has 0 spiro atoms. The molecule has 0 unspecified atom stereocenters. The second kappa shape index (κ2) is 7.22. The van der Waals surface area contributed by atoms with E-state index >= 15 is 0 Å². The predicted molar refractivity (Wildman–Crippen MR) is 101 cm³/mol. The Kier molecular flexibility index (Phi) is 4.77. The van der Waals surface area contributed by atoms with Crippen LogP contribution < -0.4 is 11.1 Å². The number of likely N-dealkylation sites (tertiary alicyclic amines) is 1. The summed E-state index contributed by atoms with van der Waals surface area (Å²) >= 11 is 0. The molecule has 0 amide bonds. The highest BCUT2D eigenvalue weighted by Crippen LogP contribution is 2.26. The number of hydrogen-bond donors (Lipinski definition) is 3. The molecule has 3 aromatic rings. The van der Waals surface area contributed by atoms with E-state index in [9.17, 15) is 9.50 Å². The Morgan fingerprint density at radius 1 is 1.37 bits per heavy atom. The number of nitrogens with two attached hydrogens (primary N) is 1. The maximum Gasteiger partial charge on any atom is 0.158 e. The van der Waals surface area contributed by atoms with Gasteiger partial charge in [-0.3, -0.25) is 4.90 Å². The van der Waals surface area contributed by atoms with Gasteiger partial charge in [-0.05, 0) is 42.7 Å². The van der Waals surface area contributed by atoms with Crippen LogP contribution in [0.4, 0.5) is 15.9 Å². The maximum absolute atomic E-state index is 14.2. The van der Waals surface area contributed by atoms with Gasteiger partial charge in [0.05, 0.1) is 11.8 Å². The summed E-state index contributed by atoms with van der Waals surface area (Å²) in [6.45, 7) is 3.90. The normalized spacial score (nSPS) is 20.9. The molecule has 142 valence electrons. The van der Waals surface area contributed by atoms with Gasteiger partial charge < -0.3 is 16.2 Å². The van der Waals surface area contributed by atoms with Gasteiger partial charge in [0.2, 0.25) is 0 Å². The summed E-state index contributed by atoms with van der Waals surface area (Å²) in [6, 6.07) is 6.72. The van der Waals surface area contributed by atoms with Gasteiger partial charge in [0.25, 0.3) is 0 Å². The first kappa shape index (κ1) is 17.8. The Morgan fingerprint density at radius 2 is 2.22 bits per heavy atom. The van der Waals surface area contributed by atoms with Crippen molar-refractivity contribution in [1.29, 1.82) is 0 Å². The minimum Gasteiger partial charge on any atom is -0.390 e. The Labute approximate surface area is 156 Å². The Balaban J connectivity index is 1.64. The molecule has 1 saturated heterocycles. The van der Waals surface area contributed by atoms with Crippen molar-refractivity contribution in [3.8, 4) is 0 Å². The first-order valence-corrected chi connectivity index (χ1v) is 9.01. The number of aliphatic hydroxyl groups excluding tert-OH is 1. The zero-order chi connectivity index (χ0) is 19.0. The maximum atomic E-state index is 14.2. The molecular weight excluding hydrogens is 347 g/mol. The molecule has 0 aliphatic carbocycles. The Morgan fingerprint density at radius 3 is 3.04 bits per heavy atom. The lowest BCUT2D eigenvalue weighted by Gasteiger charge is -2.33. The number of hydrogen-bond acceptors (Lipinski definition) is 6. The van der Waals surface area contributed by atoms with Crippen molar-refractivity contribution in [2.24, 2.45) is 5.73 Å². The molecule has 8 heteroatoms. The van der Waals surface area contributed by atoms with Crippen LogP contribution in [-0.2, 0) is 6.54 Å². The standard InChI is InChI=1S/C19H23FN6O/c1-12-2-3-14(20)16(8-12)24-19-18-13(4-7-26(18)23-11-22-19)9-25-6-5-15(21)17(27)10-25/h2-4,7-8,11,15,17,27H,5-6,9-10,21H2,1H3,(H,22,23,24)/t15-,17-/m1/s1. The minimum absolute atomic E-state index is 0.170. The lowest BCUT2D eigenvalue weighted by Crippen LogP contribution is -2.50. The number of β-amino-alcohol motifs (C(OH)–C–C–N with tert-alkyl or cyclic N) is 1. The van der Waals surface area contributed by atoms with Gasteiger partial charge in [0.15, 0.2) is 5.82 Å². The van der Waals surface area contributed by atoms with Crippen LogP contribution in [0, 0.1) is 12.7 Å². The molecule has 1 aliphatic rings. The first-order valence-electron chi connectivity index (χ1n) is 9.01. The van der Waals surface area contributed by atoms with Crippen molar-refractivity contribution in [1.82, 2.24) is 19.5 Å². The third-order valence-corrected chi connectivity index (χ3v) is 5.02. The third kappa shape index (κ3) is 3.64. The van der Waals surface area contributed by atoms with Crippen molar-refractivity contribution in [2.45, 2.75) is 32.0 Å². The lowest BCUT2D eigenvalue weighted by atomic mass is 10.0. The van der Waals surface area contributed by atoms with E-state index in [0.717, 1.165) is 29.6 Å². The van der Waals surface area contributed by atoms with Gasteiger partial charge in [-0.15, -0.1) is 0 Å². The molecule has 0 saturated carbocycles. The monoisotopic (exact) mass is 370 g/mol. The van der Waals surface area contributed by atoms with Crippen LogP contribution in [-0.4, -0.2) is 49.8 Å². The number of piperidine rings is 1. The van der Waals surface area contributed by atoms with Gasteiger partial charge in [-0.1, -0.05) is 6.07 Å². The molecule has 27 heavy (non-hydrogen) atoms. The van der Waals surface area contributed by atoms with Crippen LogP contribution in [0.1, 0.15) is 17.5 Å². The molecule has 0 bridgehead atoms. The number of aliphatic hydroxyl groups is 1. The predicted octanol–water partition coefficient (Wildman–Crippen LogP) is 1.81. The average molecular weight is 370 g/mol. The number of aryl methyl sites for hydroxylation is 1. The zero-order valence-corrected chi connectivity index (χ0v) is 15.1. The number of aromatic nitrogens is 3. The molecule has 3 heterocycles. The summed E-state index contributed by atoms with van der Waals surface area (Å²) in [5.41, 5.74) is 9.03. The van der Waals surface area contributed by atoms with Crippen molar-refractivity contribution < 1.29 is 9.50 Å². The highest BCUT2D eigenvalue weighted by Gasteiger charge is 2.25. The summed E-state index contributed by atoms with van der Waals surface area (Å²) in [5, 5.41) is 17.4. The van der Waals surface area contributed by atoms with Crippen LogP contribution in [0.2, 0.25) is 0 Å². The van der Waals surface area contributed by atoms with Crippen molar-refractivity contribution >= 4 is 17.0 Å². The van der Waals surface area contributed by atoms with Gasteiger partial charge in [0.1, 0.15) is 17.7 Å². The third-order valence-electron chi connectivity index (χ3n) is 5.02. The number of anilines is 2. The molecule has 1 aliphatic heterocycles. The fourth-order valence-electron chi connectivity index (χ4n) is 3.50. The summed E-state index contributed by atoms with van der Waals surface area (Å²) in [6.07, 6.45) is 3.53. The average Bonchev–Trinajstić information content (AvgIpc) is 3.05. The number of fused-ring (bicyclic) bond motifs is 1. The smallest absolute Gasteiger partial charge is 0.158 e. The molecule has 4 N–H and O–H groups in total. The van der Waals surface area contributed by atoms with Crippen molar-refractivity contribution in [3.63, 3.8) is 0 Å². The number of nitrogens with one attached hydrogen (secondary N) is 1. The van der Waals surface area contributed by atoms with Crippen LogP contribution >= 0.6 is 0 Å². The second-order valence-corrected chi connectivity index (χ2v) is 7.11. The van der Waals surface area contributed by atoms with E-state index in [1.165, 1.54) is 12.4 Å². The summed E-state index contributed by atoms with van der Waals surface area (Å²) in [7, 11) is 0. The molecule has 2 aromatic heterocycles. The quantitative estimate of drug-likeness (QED) is 0.649. The highest BCUT2D eigenvalue weighted by molar-refractivity contribution is 5.76. The largest absolute Gasteiger partial charge is 0.390 e. The van der Waals surface area contributed by atoms with E-state index in [0.29, 0.717) is 24.6 Å². The van der Waals surface area contributed by atoms with Gasteiger partial charge in [0, 0.05) is 31.9 Å². The Hall–Kier alpha value is -2.55. The summed E-state index contributed by atoms with van der Waals surface area (Å²) < 4.78 is 15.9. The lowest BCUT2D eigenvalue weighted by molar-refractivity contribution is 0.0501. The number of rotatable bonds is 4. The zero-order valence-electron chi connectivity index (χ0n) is 15.1. The fraction of sp³-hybridized carbons (Fsp3) is 0.368. The van der Waals surface area contributed by atoms with Gasteiger partial charge in [-0.2, -0.15) is 5.10 Å². The van der Waals surface area contributed by atoms with Crippen LogP contribution in [0.15, 0.2) is 36.8 Å². The number of benzene rings is 1. The van der Waals surface area contributed by atoms with Crippen LogP contribution in [0.3, 0.4) is 0 Å². The van der Waals surface area contributed by atoms with E-state index in [4.69, 9.17) is 5.73 Å². The molecule has 2 atom stereocenters. The van der Waals surface area contributed by atoms with E-state index in [1.807, 2.05) is 19.2 Å². The van der Waals surface area contributed by atoms with Crippen LogP contribution in [0.25, 0.3) is 5.52 Å². The molecular formula is C19H23FN6O. The van der Waals surface area contributed by atoms with E-state index in [1.54, 1.807) is 16.6 Å². The van der Waals surface area contributed by atoms with Gasteiger partial charge in [-0.25, -0.2) is 13.9 Å². The first-order chi connectivity index (χ1) is 13.0. The summed E-state index contributed by atoms with van der Waals surface area (Å²) in [5.74, 6) is 0.211. The fourth-order valence-corrected chi connectivity index (χ4v) is 3.50. The molecule has 1 aromatic carbocycles. The molecule has 0 radical (unpaired) electrons. The summed E-state index contributed by atoms with van der Waals surface area (Å²) in [4.78, 5) is 6.49. The molecule has 1 fully saturated rings.